The minimum absolute atomic E-state index is 0.0202. The number of benzene rings is 1. The fraction of sp³-hybridized carbons (Fsp3) is 0.455. The molecule has 0 saturated carbocycles. The summed E-state index contributed by atoms with van der Waals surface area (Å²) in [5.41, 5.74) is 0.161. The number of hydrogen-bond acceptors (Lipinski definition) is 2. The summed E-state index contributed by atoms with van der Waals surface area (Å²) in [5, 5.41) is 0. The Kier molecular flexibility index (Phi) is 4.59. The number of hydrogen-bond donors (Lipinski definition) is 0. The van der Waals surface area contributed by atoms with Crippen LogP contribution in [0.1, 0.15) is 18.9 Å². The van der Waals surface area contributed by atoms with E-state index in [2.05, 4.69) is 0 Å². The Balaban J connectivity index is 2.85. The molecule has 0 heterocycles. The number of sulfonamides is 1. The SMILES string of the molecule is CCCS(=O)(=O)N(C)Cc1ccc(F)cc1F. The van der Waals surface area contributed by atoms with Crippen molar-refractivity contribution in [1.29, 1.82) is 0 Å². The summed E-state index contributed by atoms with van der Waals surface area (Å²) in [6, 6.07) is 3.11. The maximum atomic E-state index is 13.3. The van der Waals surface area contributed by atoms with Gasteiger partial charge in [0.15, 0.2) is 0 Å². The summed E-state index contributed by atoms with van der Waals surface area (Å²) in [6.45, 7) is 1.66. The molecule has 96 valence electrons. The van der Waals surface area contributed by atoms with Gasteiger partial charge in [-0.05, 0) is 12.5 Å². The van der Waals surface area contributed by atoms with Crippen molar-refractivity contribution >= 4 is 10.0 Å². The van der Waals surface area contributed by atoms with Crippen LogP contribution in [0.2, 0.25) is 0 Å². The maximum Gasteiger partial charge on any atom is 0.214 e. The fourth-order valence-electron chi connectivity index (χ4n) is 1.40. The van der Waals surface area contributed by atoms with Gasteiger partial charge in [-0.25, -0.2) is 21.5 Å². The smallest absolute Gasteiger partial charge is 0.212 e. The molecule has 0 radical (unpaired) electrons. The van der Waals surface area contributed by atoms with Crippen molar-refractivity contribution in [3.8, 4) is 0 Å². The van der Waals surface area contributed by atoms with E-state index in [0.29, 0.717) is 6.42 Å². The van der Waals surface area contributed by atoms with Gasteiger partial charge < -0.3 is 0 Å². The van der Waals surface area contributed by atoms with Gasteiger partial charge in [0.05, 0.1) is 5.75 Å². The Labute approximate surface area is 100 Å². The van der Waals surface area contributed by atoms with Crippen molar-refractivity contribution in [1.82, 2.24) is 4.31 Å². The van der Waals surface area contributed by atoms with Crippen molar-refractivity contribution in [2.45, 2.75) is 19.9 Å². The highest BCUT2D eigenvalue weighted by Gasteiger charge is 2.18. The van der Waals surface area contributed by atoms with Crippen LogP contribution in [0.25, 0.3) is 0 Å². The van der Waals surface area contributed by atoms with Gasteiger partial charge in [0.25, 0.3) is 0 Å². The monoisotopic (exact) mass is 263 g/mol. The highest BCUT2D eigenvalue weighted by Crippen LogP contribution is 2.13. The molecule has 3 nitrogen and oxygen atoms in total. The van der Waals surface area contributed by atoms with Gasteiger partial charge in [0, 0.05) is 25.2 Å². The molecule has 0 saturated heterocycles. The first-order chi connectivity index (χ1) is 7.86. The molecule has 0 aliphatic rings. The fourth-order valence-corrected chi connectivity index (χ4v) is 2.57. The molecule has 0 aromatic heterocycles. The van der Waals surface area contributed by atoms with E-state index in [-0.39, 0.29) is 17.9 Å². The van der Waals surface area contributed by atoms with Gasteiger partial charge >= 0.3 is 0 Å². The van der Waals surface area contributed by atoms with Gasteiger partial charge in [-0.3, -0.25) is 0 Å². The topological polar surface area (TPSA) is 37.4 Å². The van der Waals surface area contributed by atoms with Crippen LogP contribution in [-0.4, -0.2) is 25.5 Å². The van der Waals surface area contributed by atoms with E-state index < -0.39 is 21.7 Å². The lowest BCUT2D eigenvalue weighted by molar-refractivity contribution is 0.454. The highest BCUT2D eigenvalue weighted by atomic mass is 32.2. The number of rotatable bonds is 5. The van der Waals surface area contributed by atoms with Gasteiger partial charge in [0.2, 0.25) is 10.0 Å². The van der Waals surface area contributed by atoms with E-state index in [1.807, 2.05) is 0 Å². The van der Waals surface area contributed by atoms with Gasteiger partial charge in [0.1, 0.15) is 11.6 Å². The maximum absolute atomic E-state index is 13.3. The third-order valence-corrected chi connectivity index (χ3v) is 4.35. The molecule has 0 N–H and O–H groups in total. The van der Waals surface area contributed by atoms with Crippen LogP contribution in [0.3, 0.4) is 0 Å². The van der Waals surface area contributed by atoms with Gasteiger partial charge in [-0.1, -0.05) is 13.0 Å². The largest absolute Gasteiger partial charge is 0.214 e. The molecule has 17 heavy (non-hydrogen) atoms. The van der Waals surface area contributed by atoms with E-state index in [1.165, 1.54) is 13.1 Å². The zero-order valence-corrected chi connectivity index (χ0v) is 10.6. The first kappa shape index (κ1) is 14.1. The predicted octanol–water partition coefficient (Wildman–Crippen LogP) is 2.14. The lowest BCUT2D eigenvalue weighted by Gasteiger charge is -2.17. The normalized spacial score (nSPS) is 12.1. The highest BCUT2D eigenvalue weighted by molar-refractivity contribution is 7.89. The Morgan fingerprint density at radius 1 is 1.29 bits per heavy atom. The molecule has 0 bridgehead atoms. The van der Waals surface area contributed by atoms with Crippen molar-refractivity contribution in [3.05, 3.63) is 35.4 Å². The summed E-state index contributed by atoms with van der Waals surface area (Å²) >= 11 is 0. The van der Waals surface area contributed by atoms with Crippen LogP contribution in [0.15, 0.2) is 18.2 Å². The molecule has 0 unspecified atom stereocenters. The van der Waals surface area contributed by atoms with Gasteiger partial charge in [-0.2, -0.15) is 0 Å². The molecule has 0 fully saturated rings. The summed E-state index contributed by atoms with van der Waals surface area (Å²) in [7, 11) is -1.98. The summed E-state index contributed by atoms with van der Waals surface area (Å²) in [4.78, 5) is 0. The van der Waals surface area contributed by atoms with E-state index in [1.54, 1.807) is 6.92 Å². The second-order valence-electron chi connectivity index (χ2n) is 3.81. The molecule has 1 rings (SSSR count). The van der Waals surface area contributed by atoms with Crippen LogP contribution in [0.4, 0.5) is 8.78 Å². The molecule has 0 amide bonds. The average molecular weight is 263 g/mol. The number of halogens is 2. The van der Waals surface area contributed by atoms with E-state index in [4.69, 9.17) is 0 Å². The first-order valence-electron chi connectivity index (χ1n) is 5.24. The van der Waals surface area contributed by atoms with Crippen molar-refractivity contribution in [2.75, 3.05) is 12.8 Å². The molecule has 0 spiro atoms. The van der Waals surface area contributed by atoms with Crippen LogP contribution in [-0.2, 0) is 16.6 Å². The zero-order valence-electron chi connectivity index (χ0n) is 9.78. The molecule has 1 aromatic rings. The third-order valence-electron chi connectivity index (χ3n) is 2.35. The molecular formula is C11H15F2NO2S. The number of nitrogens with zero attached hydrogens (tertiary/aromatic N) is 1. The van der Waals surface area contributed by atoms with Crippen LogP contribution in [0, 0.1) is 11.6 Å². The lowest BCUT2D eigenvalue weighted by Crippen LogP contribution is -2.29. The van der Waals surface area contributed by atoms with E-state index in [0.717, 1.165) is 16.4 Å². The van der Waals surface area contributed by atoms with E-state index >= 15 is 0 Å². The molecule has 0 aliphatic carbocycles. The average Bonchev–Trinajstić information content (AvgIpc) is 2.22. The Hall–Kier alpha value is -1.01. The minimum Gasteiger partial charge on any atom is -0.212 e. The molecule has 6 heteroatoms. The van der Waals surface area contributed by atoms with Crippen molar-refractivity contribution in [3.63, 3.8) is 0 Å². The Morgan fingerprint density at radius 3 is 2.47 bits per heavy atom. The third kappa shape index (κ3) is 3.74. The quantitative estimate of drug-likeness (QED) is 0.816. The summed E-state index contributed by atoms with van der Waals surface area (Å²) < 4.78 is 50.4. The molecule has 1 aromatic carbocycles. The first-order valence-corrected chi connectivity index (χ1v) is 6.85. The summed E-state index contributed by atoms with van der Waals surface area (Å²) in [6.07, 6.45) is 0.499. The van der Waals surface area contributed by atoms with Crippen LogP contribution in [0.5, 0.6) is 0 Å². The second kappa shape index (κ2) is 5.55. The minimum atomic E-state index is -3.36. The van der Waals surface area contributed by atoms with Gasteiger partial charge in [-0.15, -0.1) is 0 Å². The second-order valence-corrected chi connectivity index (χ2v) is 6.00. The standard InChI is InChI=1S/C11H15F2NO2S/c1-3-6-17(15,16)14(2)8-9-4-5-10(12)7-11(9)13/h4-5,7H,3,6,8H2,1-2H3. The van der Waals surface area contributed by atoms with Crippen LogP contribution < -0.4 is 0 Å². The molecule has 0 aliphatic heterocycles. The predicted molar refractivity (Wildman–Crippen MR) is 61.9 cm³/mol. The summed E-state index contributed by atoms with van der Waals surface area (Å²) in [5.74, 6) is -1.39. The van der Waals surface area contributed by atoms with E-state index in [9.17, 15) is 17.2 Å². The zero-order chi connectivity index (χ0) is 13.1. The molecule has 0 atom stereocenters. The van der Waals surface area contributed by atoms with Crippen molar-refractivity contribution in [2.24, 2.45) is 0 Å². The molecular weight excluding hydrogens is 248 g/mol. The lowest BCUT2D eigenvalue weighted by atomic mass is 10.2. The Bertz CT molecular complexity index is 488. The van der Waals surface area contributed by atoms with Crippen LogP contribution >= 0.6 is 0 Å². The van der Waals surface area contributed by atoms with Crippen molar-refractivity contribution < 1.29 is 17.2 Å². The Morgan fingerprint density at radius 2 is 1.94 bits per heavy atom.